The molecule has 1 aromatic carbocycles. The largest absolute Gasteiger partial charge is 0.305 e. The number of aromatic nitrogens is 1. The Morgan fingerprint density at radius 1 is 1.13 bits per heavy atom. The summed E-state index contributed by atoms with van der Waals surface area (Å²) in [7, 11) is -1.85. The van der Waals surface area contributed by atoms with E-state index in [1.165, 1.54) is 19.3 Å². The lowest BCUT2D eigenvalue weighted by Gasteiger charge is -2.13. The van der Waals surface area contributed by atoms with Gasteiger partial charge in [-0.3, -0.25) is 4.98 Å². The van der Waals surface area contributed by atoms with Gasteiger partial charge in [-0.15, -0.1) is 0 Å². The first kappa shape index (κ1) is 17.5. The van der Waals surface area contributed by atoms with Crippen LogP contribution in [0, 0.1) is 5.82 Å². The molecule has 0 fully saturated rings. The Bertz CT molecular complexity index is 731. The number of benzene rings is 1. The fourth-order valence-electron chi connectivity index (χ4n) is 2.06. The number of nitrogens with one attached hydrogen (secondary N) is 2. The van der Waals surface area contributed by atoms with Gasteiger partial charge in [-0.1, -0.05) is 24.3 Å². The lowest BCUT2D eigenvalue weighted by atomic mass is 10.1. The van der Waals surface area contributed by atoms with Crippen molar-refractivity contribution in [1.82, 2.24) is 15.0 Å². The molecule has 0 aliphatic rings. The van der Waals surface area contributed by atoms with Gasteiger partial charge >= 0.3 is 0 Å². The van der Waals surface area contributed by atoms with Crippen molar-refractivity contribution in [2.75, 3.05) is 7.05 Å². The standard InChI is InChI=1S/C16H20FN3O2S/c1-12(16-8-7-15(17)10-20-16)19-9-13-3-5-14(6-4-13)11-23(21,22)18-2/h3-8,10,12,18-19H,9,11H2,1-2H3/t12-/m1/s1. The molecule has 0 unspecified atom stereocenters. The van der Waals surface area contributed by atoms with Gasteiger partial charge in [0.05, 0.1) is 17.6 Å². The maximum atomic E-state index is 12.9. The van der Waals surface area contributed by atoms with Gasteiger partial charge in [0, 0.05) is 12.6 Å². The van der Waals surface area contributed by atoms with Crippen LogP contribution in [0.4, 0.5) is 4.39 Å². The fraction of sp³-hybridized carbons (Fsp3) is 0.312. The van der Waals surface area contributed by atoms with Crippen molar-refractivity contribution in [3.8, 4) is 0 Å². The summed E-state index contributed by atoms with van der Waals surface area (Å²) in [5, 5.41) is 3.30. The molecule has 5 nitrogen and oxygen atoms in total. The van der Waals surface area contributed by atoms with E-state index in [9.17, 15) is 12.8 Å². The first-order valence-electron chi connectivity index (χ1n) is 7.23. The van der Waals surface area contributed by atoms with Crippen molar-refractivity contribution in [3.63, 3.8) is 0 Å². The minimum atomic E-state index is -3.26. The first-order chi connectivity index (χ1) is 10.9. The molecule has 0 saturated carbocycles. The van der Waals surface area contributed by atoms with Crippen molar-refractivity contribution in [3.05, 3.63) is 65.2 Å². The molecule has 0 amide bonds. The molecule has 1 aromatic heterocycles. The van der Waals surface area contributed by atoms with Crippen LogP contribution in [0.5, 0.6) is 0 Å². The average molecular weight is 337 g/mol. The summed E-state index contributed by atoms with van der Waals surface area (Å²) in [6.07, 6.45) is 1.20. The number of hydrogen-bond donors (Lipinski definition) is 2. The Hall–Kier alpha value is -1.83. The number of rotatable bonds is 7. The molecule has 1 atom stereocenters. The third kappa shape index (κ3) is 5.38. The van der Waals surface area contributed by atoms with Crippen LogP contribution in [0.2, 0.25) is 0 Å². The first-order valence-corrected chi connectivity index (χ1v) is 8.89. The van der Waals surface area contributed by atoms with Crippen LogP contribution in [0.15, 0.2) is 42.6 Å². The van der Waals surface area contributed by atoms with E-state index in [1.54, 1.807) is 18.2 Å². The summed E-state index contributed by atoms with van der Waals surface area (Å²) in [4.78, 5) is 4.04. The van der Waals surface area contributed by atoms with Gasteiger partial charge in [0.15, 0.2) is 0 Å². The van der Waals surface area contributed by atoms with Gasteiger partial charge in [-0.25, -0.2) is 17.5 Å². The van der Waals surface area contributed by atoms with Crippen molar-refractivity contribution < 1.29 is 12.8 Å². The van der Waals surface area contributed by atoms with Crippen molar-refractivity contribution in [2.24, 2.45) is 0 Å². The highest BCUT2D eigenvalue weighted by Gasteiger charge is 2.09. The monoisotopic (exact) mass is 337 g/mol. The average Bonchev–Trinajstić information content (AvgIpc) is 2.54. The van der Waals surface area contributed by atoms with E-state index < -0.39 is 10.0 Å². The van der Waals surface area contributed by atoms with Crippen LogP contribution in [0.25, 0.3) is 0 Å². The Kier molecular flexibility index (Phi) is 5.81. The second-order valence-corrected chi connectivity index (χ2v) is 7.21. The summed E-state index contributed by atoms with van der Waals surface area (Å²) in [6.45, 7) is 2.56. The minimum absolute atomic E-state index is 0.0139. The van der Waals surface area contributed by atoms with Crippen LogP contribution in [0.3, 0.4) is 0 Å². The zero-order valence-electron chi connectivity index (χ0n) is 13.1. The molecule has 0 aliphatic heterocycles. The maximum Gasteiger partial charge on any atom is 0.215 e. The molecule has 0 radical (unpaired) electrons. The molecule has 124 valence electrons. The van der Waals surface area contributed by atoms with Crippen LogP contribution in [-0.2, 0) is 22.3 Å². The lowest BCUT2D eigenvalue weighted by molar-refractivity contribution is 0.554. The van der Waals surface area contributed by atoms with Gasteiger partial charge < -0.3 is 5.32 Å². The molecular formula is C16H20FN3O2S. The SMILES string of the molecule is CNS(=O)(=O)Cc1ccc(CN[C@H](C)c2ccc(F)cn2)cc1. The van der Waals surface area contributed by atoms with E-state index in [4.69, 9.17) is 0 Å². The van der Waals surface area contributed by atoms with Crippen LogP contribution >= 0.6 is 0 Å². The van der Waals surface area contributed by atoms with Gasteiger partial charge in [0.25, 0.3) is 0 Å². The molecule has 23 heavy (non-hydrogen) atoms. The van der Waals surface area contributed by atoms with Crippen molar-refractivity contribution in [1.29, 1.82) is 0 Å². The second-order valence-electron chi connectivity index (χ2n) is 5.28. The van der Waals surface area contributed by atoms with Gasteiger partial charge in [-0.2, -0.15) is 0 Å². The predicted molar refractivity (Wildman–Crippen MR) is 87.6 cm³/mol. The zero-order valence-corrected chi connectivity index (χ0v) is 13.9. The Balaban J connectivity index is 1.92. The quantitative estimate of drug-likeness (QED) is 0.812. The third-order valence-electron chi connectivity index (χ3n) is 3.50. The number of nitrogens with zero attached hydrogens (tertiary/aromatic N) is 1. The molecular weight excluding hydrogens is 317 g/mol. The number of hydrogen-bond acceptors (Lipinski definition) is 4. The Morgan fingerprint density at radius 3 is 2.35 bits per heavy atom. The number of pyridine rings is 1. The molecule has 0 bridgehead atoms. The fourth-order valence-corrected chi connectivity index (χ4v) is 2.84. The highest BCUT2D eigenvalue weighted by Crippen LogP contribution is 2.12. The molecule has 0 spiro atoms. The van der Waals surface area contributed by atoms with Gasteiger partial charge in [0.2, 0.25) is 10.0 Å². The Labute approximate surface area is 136 Å². The smallest absolute Gasteiger partial charge is 0.215 e. The summed E-state index contributed by atoms with van der Waals surface area (Å²) in [5.41, 5.74) is 2.53. The Morgan fingerprint density at radius 2 is 1.78 bits per heavy atom. The van der Waals surface area contributed by atoms with Crippen LogP contribution in [0.1, 0.15) is 29.8 Å². The predicted octanol–water partition coefficient (Wildman–Crippen LogP) is 2.12. The van der Waals surface area contributed by atoms with E-state index in [1.807, 2.05) is 19.1 Å². The minimum Gasteiger partial charge on any atom is -0.305 e. The number of sulfonamides is 1. The molecule has 0 saturated heterocycles. The normalized spacial score (nSPS) is 13.0. The number of halogens is 1. The second kappa shape index (κ2) is 7.63. The van der Waals surface area contributed by atoms with E-state index in [0.717, 1.165) is 16.8 Å². The van der Waals surface area contributed by atoms with E-state index >= 15 is 0 Å². The maximum absolute atomic E-state index is 12.9. The molecule has 7 heteroatoms. The van der Waals surface area contributed by atoms with Crippen molar-refractivity contribution in [2.45, 2.75) is 25.3 Å². The van der Waals surface area contributed by atoms with Gasteiger partial charge in [-0.05, 0) is 37.2 Å². The molecule has 1 heterocycles. The topological polar surface area (TPSA) is 71.1 Å². The molecule has 2 rings (SSSR count). The molecule has 0 aliphatic carbocycles. The highest BCUT2D eigenvalue weighted by molar-refractivity contribution is 7.88. The summed E-state index contributed by atoms with van der Waals surface area (Å²) in [6, 6.07) is 10.4. The van der Waals surface area contributed by atoms with E-state index in [-0.39, 0.29) is 17.6 Å². The summed E-state index contributed by atoms with van der Waals surface area (Å²) >= 11 is 0. The van der Waals surface area contributed by atoms with Crippen LogP contribution < -0.4 is 10.0 Å². The molecule has 2 aromatic rings. The summed E-state index contributed by atoms with van der Waals surface area (Å²) in [5.74, 6) is -0.388. The van der Waals surface area contributed by atoms with E-state index in [0.29, 0.717) is 6.54 Å². The zero-order chi connectivity index (χ0) is 16.9. The van der Waals surface area contributed by atoms with E-state index in [2.05, 4.69) is 15.0 Å². The third-order valence-corrected chi connectivity index (χ3v) is 4.83. The van der Waals surface area contributed by atoms with Crippen LogP contribution in [-0.4, -0.2) is 20.4 Å². The lowest BCUT2D eigenvalue weighted by Crippen LogP contribution is -2.20. The highest BCUT2D eigenvalue weighted by atomic mass is 32.2. The van der Waals surface area contributed by atoms with Crippen molar-refractivity contribution >= 4 is 10.0 Å². The molecule has 2 N–H and O–H groups in total. The van der Waals surface area contributed by atoms with Gasteiger partial charge in [0.1, 0.15) is 5.82 Å². The summed E-state index contributed by atoms with van der Waals surface area (Å²) < 4.78 is 38.1.